The van der Waals surface area contributed by atoms with E-state index < -0.39 is 16.0 Å². The standard InChI is InChI=1S/C12H17NO4S2/c1-9-4-3-6-13(8-9)19(15,16)10-5-7-18-11(10)12(14)17-2/h5,7,9H,3-4,6,8H2,1-2H3. The average Bonchev–Trinajstić information content (AvgIpc) is 2.87. The fourth-order valence-corrected chi connectivity index (χ4v) is 5.15. The van der Waals surface area contributed by atoms with Gasteiger partial charge in [-0.05, 0) is 30.2 Å². The number of ether oxygens (including phenoxy) is 1. The molecule has 0 N–H and O–H groups in total. The van der Waals surface area contributed by atoms with Crippen LogP contribution in [0.4, 0.5) is 0 Å². The largest absolute Gasteiger partial charge is 0.465 e. The SMILES string of the molecule is COC(=O)c1sccc1S(=O)(=O)N1CCCC(C)C1. The van der Waals surface area contributed by atoms with Crippen molar-refractivity contribution in [1.29, 1.82) is 0 Å². The van der Waals surface area contributed by atoms with Gasteiger partial charge in [0.25, 0.3) is 0 Å². The summed E-state index contributed by atoms with van der Waals surface area (Å²) in [4.78, 5) is 11.8. The second-order valence-electron chi connectivity index (χ2n) is 4.72. The number of methoxy groups -OCH3 is 1. The molecule has 1 fully saturated rings. The van der Waals surface area contributed by atoms with Gasteiger partial charge in [0.2, 0.25) is 10.0 Å². The van der Waals surface area contributed by atoms with Gasteiger partial charge >= 0.3 is 5.97 Å². The van der Waals surface area contributed by atoms with Gasteiger partial charge in [0, 0.05) is 13.1 Å². The van der Waals surface area contributed by atoms with Gasteiger partial charge in [-0.15, -0.1) is 11.3 Å². The van der Waals surface area contributed by atoms with Gasteiger partial charge in [0.1, 0.15) is 9.77 Å². The van der Waals surface area contributed by atoms with Crippen LogP contribution in [0.5, 0.6) is 0 Å². The van der Waals surface area contributed by atoms with Crippen molar-refractivity contribution in [2.45, 2.75) is 24.7 Å². The molecule has 0 aromatic carbocycles. The summed E-state index contributed by atoms with van der Waals surface area (Å²) in [6.45, 7) is 3.07. The number of nitrogens with zero attached hydrogens (tertiary/aromatic N) is 1. The fraction of sp³-hybridized carbons (Fsp3) is 0.583. The number of sulfonamides is 1. The summed E-state index contributed by atoms with van der Waals surface area (Å²) in [6.07, 6.45) is 1.90. The zero-order chi connectivity index (χ0) is 14.0. The van der Waals surface area contributed by atoms with E-state index in [0.29, 0.717) is 19.0 Å². The van der Waals surface area contributed by atoms with Crippen molar-refractivity contribution in [3.8, 4) is 0 Å². The van der Waals surface area contributed by atoms with Crippen molar-refractivity contribution in [2.24, 2.45) is 5.92 Å². The van der Waals surface area contributed by atoms with Crippen LogP contribution in [-0.2, 0) is 14.8 Å². The maximum Gasteiger partial charge on any atom is 0.349 e. The van der Waals surface area contributed by atoms with Crippen molar-refractivity contribution in [3.63, 3.8) is 0 Å². The van der Waals surface area contributed by atoms with Crippen molar-refractivity contribution < 1.29 is 17.9 Å². The van der Waals surface area contributed by atoms with E-state index in [0.717, 1.165) is 24.2 Å². The molecule has 106 valence electrons. The lowest BCUT2D eigenvalue weighted by Crippen LogP contribution is -2.39. The smallest absolute Gasteiger partial charge is 0.349 e. The quantitative estimate of drug-likeness (QED) is 0.801. The van der Waals surface area contributed by atoms with Crippen LogP contribution in [0.3, 0.4) is 0 Å². The van der Waals surface area contributed by atoms with Crippen LogP contribution in [0.2, 0.25) is 0 Å². The lowest BCUT2D eigenvalue weighted by molar-refractivity contribution is 0.0602. The average molecular weight is 303 g/mol. The summed E-state index contributed by atoms with van der Waals surface area (Å²) >= 11 is 1.09. The van der Waals surface area contributed by atoms with Crippen molar-refractivity contribution in [1.82, 2.24) is 4.31 Å². The normalized spacial score (nSPS) is 21.3. The molecule has 1 saturated heterocycles. The molecule has 0 aliphatic carbocycles. The number of carbonyl (C=O) groups excluding carboxylic acids is 1. The van der Waals surface area contributed by atoms with Gasteiger partial charge in [0.05, 0.1) is 7.11 Å². The van der Waals surface area contributed by atoms with E-state index in [1.165, 1.54) is 17.5 Å². The first-order valence-corrected chi connectivity index (χ1v) is 8.44. The first-order valence-electron chi connectivity index (χ1n) is 6.12. The molecule has 0 spiro atoms. The van der Waals surface area contributed by atoms with E-state index in [1.54, 1.807) is 5.38 Å². The Morgan fingerprint density at radius 3 is 2.89 bits per heavy atom. The van der Waals surface area contributed by atoms with Crippen molar-refractivity contribution in [2.75, 3.05) is 20.2 Å². The lowest BCUT2D eigenvalue weighted by Gasteiger charge is -2.29. The zero-order valence-electron chi connectivity index (χ0n) is 11.0. The van der Waals surface area contributed by atoms with E-state index in [4.69, 9.17) is 0 Å². The molecule has 1 aliphatic heterocycles. The molecule has 2 rings (SSSR count). The predicted molar refractivity (Wildman–Crippen MR) is 72.8 cm³/mol. The third-order valence-electron chi connectivity index (χ3n) is 3.24. The molecule has 1 atom stereocenters. The third kappa shape index (κ3) is 2.82. The highest BCUT2D eigenvalue weighted by Gasteiger charge is 2.32. The van der Waals surface area contributed by atoms with E-state index in [1.807, 2.05) is 6.92 Å². The summed E-state index contributed by atoms with van der Waals surface area (Å²) in [5.41, 5.74) is 0. The minimum Gasteiger partial charge on any atom is -0.465 e. The number of hydrogen-bond acceptors (Lipinski definition) is 5. The van der Waals surface area contributed by atoms with E-state index in [-0.39, 0.29) is 9.77 Å². The Kier molecular flexibility index (Phi) is 4.27. The Bertz CT molecular complexity index is 564. The Labute approximate surface area is 117 Å². The minimum absolute atomic E-state index is 0.0680. The Morgan fingerprint density at radius 1 is 1.53 bits per heavy atom. The molecule has 0 radical (unpaired) electrons. The predicted octanol–water partition coefficient (Wildman–Crippen LogP) is 1.96. The molecule has 2 heterocycles. The molecule has 19 heavy (non-hydrogen) atoms. The number of rotatable bonds is 3. The molecular weight excluding hydrogens is 286 g/mol. The molecule has 1 aromatic heterocycles. The summed E-state index contributed by atoms with van der Waals surface area (Å²) in [6, 6.07) is 1.48. The second kappa shape index (κ2) is 5.60. The van der Waals surface area contributed by atoms with Gasteiger partial charge < -0.3 is 4.74 Å². The third-order valence-corrected chi connectivity index (χ3v) is 6.17. The minimum atomic E-state index is -3.59. The maximum atomic E-state index is 12.6. The first-order chi connectivity index (χ1) is 8.96. The maximum absolute atomic E-state index is 12.6. The van der Waals surface area contributed by atoms with Crippen LogP contribution >= 0.6 is 11.3 Å². The monoisotopic (exact) mass is 303 g/mol. The van der Waals surface area contributed by atoms with Crippen molar-refractivity contribution >= 4 is 27.3 Å². The van der Waals surface area contributed by atoms with Crippen LogP contribution in [-0.4, -0.2) is 38.9 Å². The molecule has 0 amide bonds. The van der Waals surface area contributed by atoms with E-state index in [9.17, 15) is 13.2 Å². The van der Waals surface area contributed by atoms with E-state index >= 15 is 0 Å². The summed E-state index contributed by atoms with van der Waals surface area (Å²) in [7, 11) is -2.34. The molecule has 1 aromatic rings. The molecule has 0 bridgehead atoms. The first kappa shape index (κ1) is 14.5. The fourth-order valence-electron chi connectivity index (χ4n) is 2.25. The highest BCUT2D eigenvalue weighted by Crippen LogP contribution is 2.28. The van der Waals surface area contributed by atoms with Crippen LogP contribution in [0.15, 0.2) is 16.3 Å². The highest BCUT2D eigenvalue weighted by molar-refractivity contribution is 7.89. The van der Waals surface area contributed by atoms with Gasteiger partial charge in [0.15, 0.2) is 0 Å². The molecule has 0 saturated carbocycles. The second-order valence-corrected chi connectivity index (χ2v) is 7.54. The van der Waals surface area contributed by atoms with Crippen LogP contribution in [0, 0.1) is 5.92 Å². The van der Waals surface area contributed by atoms with Crippen molar-refractivity contribution in [3.05, 3.63) is 16.3 Å². The lowest BCUT2D eigenvalue weighted by atomic mass is 10.0. The number of piperidine rings is 1. The molecule has 1 aliphatic rings. The van der Waals surface area contributed by atoms with Gasteiger partial charge in [-0.3, -0.25) is 0 Å². The van der Waals surface area contributed by atoms with E-state index in [2.05, 4.69) is 4.74 Å². The summed E-state index contributed by atoms with van der Waals surface area (Å²) in [5.74, 6) is -0.248. The number of hydrogen-bond donors (Lipinski definition) is 0. The number of carbonyl (C=O) groups is 1. The van der Waals surface area contributed by atoms with Crippen LogP contribution in [0.25, 0.3) is 0 Å². The number of esters is 1. The Balaban J connectivity index is 2.34. The van der Waals surface area contributed by atoms with Crippen LogP contribution < -0.4 is 0 Å². The summed E-state index contributed by atoms with van der Waals surface area (Å²) in [5, 5.41) is 1.60. The molecule has 5 nitrogen and oxygen atoms in total. The number of thiophene rings is 1. The molecule has 7 heteroatoms. The Morgan fingerprint density at radius 2 is 2.26 bits per heavy atom. The van der Waals surface area contributed by atoms with Gasteiger partial charge in [-0.1, -0.05) is 6.92 Å². The zero-order valence-corrected chi connectivity index (χ0v) is 12.6. The van der Waals surface area contributed by atoms with Gasteiger partial charge in [-0.25, -0.2) is 13.2 Å². The topological polar surface area (TPSA) is 63.7 Å². The van der Waals surface area contributed by atoms with Gasteiger partial charge in [-0.2, -0.15) is 4.31 Å². The summed E-state index contributed by atoms with van der Waals surface area (Å²) < 4.78 is 31.2. The highest BCUT2D eigenvalue weighted by atomic mass is 32.2. The molecule has 1 unspecified atom stereocenters. The van der Waals surface area contributed by atoms with Crippen LogP contribution in [0.1, 0.15) is 29.4 Å². The molecular formula is C12H17NO4S2. The Hall–Kier alpha value is -0.920.